The fourth-order valence-electron chi connectivity index (χ4n) is 1.57. The zero-order valence-corrected chi connectivity index (χ0v) is 12.9. The lowest BCUT2D eigenvalue weighted by molar-refractivity contribution is 0.0966. The van der Waals surface area contributed by atoms with Gasteiger partial charge in [-0.25, -0.2) is 13.8 Å². The molecule has 2 rings (SSSR count). The molecule has 0 fully saturated rings. The molecular weight excluding hydrogens is 358 g/mol. The van der Waals surface area contributed by atoms with E-state index in [1.165, 1.54) is 6.20 Å². The average Bonchev–Trinajstić information content (AvgIpc) is 2.98. The van der Waals surface area contributed by atoms with Crippen LogP contribution in [0.4, 0.5) is 22.7 Å². The van der Waals surface area contributed by atoms with Crippen molar-refractivity contribution in [2.45, 2.75) is 0 Å². The normalized spacial score (nSPS) is 10.3. The van der Waals surface area contributed by atoms with Gasteiger partial charge in [0.2, 0.25) is 11.6 Å². The number of hydrogen-bond acceptors (Lipinski definition) is 5. The highest BCUT2D eigenvalue weighted by Crippen LogP contribution is 2.29. The van der Waals surface area contributed by atoms with Gasteiger partial charge < -0.3 is 10.1 Å². The molecule has 0 unspecified atom stereocenters. The van der Waals surface area contributed by atoms with E-state index in [2.05, 4.69) is 15.0 Å². The van der Waals surface area contributed by atoms with Crippen LogP contribution in [0.2, 0.25) is 0 Å². The van der Waals surface area contributed by atoms with E-state index in [4.69, 9.17) is 12.2 Å². The fourth-order valence-corrected chi connectivity index (χ4v) is 2.36. The lowest BCUT2D eigenvalue weighted by Crippen LogP contribution is -2.35. The van der Waals surface area contributed by atoms with Crippen LogP contribution in [0.1, 0.15) is 10.4 Å². The smallest absolute Gasteiger partial charge is 0.263 e. The van der Waals surface area contributed by atoms with Crippen molar-refractivity contribution in [3.05, 3.63) is 40.4 Å². The van der Waals surface area contributed by atoms with Crippen LogP contribution in [0.5, 0.6) is 5.75 Å². The molecule has 0 radical (unpaired) electrons. The van der Waals surface area contributed by atoms with Crippen molar-refractivity contribution in [3.63, 3.8) is 0 Å². The first kappa shape index (κ1) is 17.1. The molecule has 122 valence electrons. The van der Waals surface area contributed by atoms with Crippen LogP contribution >= 0.6 is 23.6 Å². The van der Waals surface area contributed by atoms with Gasteiger partial charge in [-0.05, 0) is 12.2 Å². The minimum absolute atomic E-state index is 0.309. The maximum Gasteiger partial charge on any atom is 0.263 e. The second-order valence-electron chi connectivity index (χ2n) is 3.91. The van der Waals surface area contributed by atoms with Gasteiger partial charge in [-0.3, -0.25) is 10.1 Å². The predicted molar refractivity (Wildman–Crippen MR) is 78.6 cm³/mol. The second-order valence-corrected chi connectivity index (χ2v) is 5.21. The number of carbonyl (C=O) groups excluding carboxylic acids is 1. The molecule has 1 aromatic heterocycles. The van der Waals surface area contributed by atoms with Gasteiger partial charge in [0, 0.05) is 11.6 Å². The van der Waals surface area contributed by atoms with Crippen LogP contribution in [0.3, 0.4) is 0 Å². The van der Waals surface area contributed by atoms with Crippen molar-refractivity contribution >= 4 is 39.7 Å². The lowest BCUT2D eigenvalue weighted by Gasteiger charge is -2.11. The average molecular weight is 365 g/mol. The van der Waals surface area contributed by atoms with Gasteiger partial charge in [-0.1, -0.05) is 0 Å². The largest absolute Gasteiger partial charge is 0.491 e. The Bertz CT molecular complexity index is 739. The summed E-state index contributed by atoms with van der Waals surface area (Å²) in [6, 6.07) is 0. The van der Waals surface area contributed by atoms with Crippen LogP contribution in [0.25, 0.3) is 0 Å². The number of ether oxygens (including phenoxy) is 1. The minimum Gasteiger partial charge on any atom is -0.491 e. The molecule has 0 spiro atoms. The van der Waals surface area contributed by atoms with E-state index in [9.17, 15) is 22.4 Å². The van der Waals surface area contributed by atoms with E-state index in [0.717, 1.165) is 18.4 Å². The molecule has 2 aromatic rings. The summed E-state index contributed by atoms with van der Waals surface area (Å²) in [5.41, 5.74) is -1.45. The van der Waals surface area contributed by atoms with E-state index < -0.39 is 40.5 Å². The Hall–Kier alpha value is -2.27. The van der Waals surface area contributed by atoms with Gasteiger partial charge in [0.15, 0.2) is 27.6 Å². The predicted octanol–water partition coefficient (Wildman–Crippen LogP) is 2.83. The number of nitrogens with zero attached hydrogens (tertiary/aromatic N) is 1. The number of halogens is 4. The van der Waals surface area contributed by atoms with E-state index in [0.29, 0.717) is 5.13 Å². The summed E-state index contributed by atoms with van der Waals surface area (Å²) < 4.78 is 58.9. The topological polar surface area (TPSA) is 63.2 Å². The highest BCUT2D eigenvalue weighted by molar-refractivity contribution is 7.80. The summed E-state index contributed by atoms with van der Waals surface area (Å²) in [7, 11) is 0.827. The number of anilines is 1. The highest BCUT2D eigenvalue weighted by Gasteiger charge is 2.30. The molecule has 0 bridgehead atoms. The Labute approximate surface area is 136 Å². The van der Waals surface area contributed by atoms with Crippen molar-refractivity contribution in [3.8, 4) is 5.75 Å². The molecule has 5 nitrogen and oxygen atoms in total. The molecule has 0 aliphatic rings. The molecule has 1 heterocycles. The highest BCUT2D eigenvalue weighted by atomic mass is 32.1. The number of amides is 1. The van der Waals surface area contributed by atoms with Crippen LogP contribution in [-0.4, -0.2) is 23.1 Å². The quantitative estimate of drug-likeness (QED) is 0.498. The number of thiocarbonyl (C=S) groups is 1. The van der Waals surface area contributed by atoms with Crippen molar-refractivity contribution in [2.75, 3.05) is 12.4 Å². The standard InChI is InChI=1S/C12H7F4N3O2S2/c1-21-9-7(15)5(13)4(6(14)8(9)16)10(20)18-11(22)19-12-17-2-3-23-12/h2-3H,1H3,(H2,17,18,19,20,22). The first-order valence-electron chi connectivity index (χ1n) is 5.78. The van der Waals surface area contributed by atoms with Gasteiger partial charge in [0.05, 0.1) is 7.11 Å². The van der Waals surface area contributed by atoms with Gasteiger partial charge in [0.1, 0.15) is 5.56 Å². The number of carbonyl (C=O) groups is 1. The third kappa shape index (κ3) is 3.40. The molecule has 0 atom stereocenters. The maximum atomic E-state index is 13.8. The zero-order chi connectivity index (χ0) is 17.1. The summed E-state index contributed by atoms with van der Waals surface area (Å²) in [6.45, 7) is 0. The van der Waals surface area contributed by atoms with E-state index in [-0.39, 0.29) is 5.11 Å². The Morgan fingerprint density at radius 3 is 2.30 bits per heavy atom. The lowest BCUT2D eigenvalue weighted by atomic mass is 10.1. The molecule has 0 aliphatic carbocycles. The second kappa shape index (κ2) is 6.87. The van der Waals surface area contributed by atoms with Gasteiger partial charge in [-0.2, -0.15) is 8.78 Å². The first-order valence-corrected chi connectivity index (χ1v) is 7.07. The van der Waals surface area contributed by atoms with E-state index >= 15 is 0 Å². The minimum atomic E-state index is -1.89. The first-order chi connectivity index (χ1) is 10.9. The van der Waals surface area contributed by atoms with Crippen LogP contribution < -0.4 is 15.4 Å². The number of benzene rings is 1. The van der Waals surface area contributed by atoms with Crippen molar-refractivity contribution in [2.24, 2.45) is 0 Å². The fraction of sp³-hybridized carbons (Fsp3) is 0.0833. The third-order valence-corrected chi connectivity index (χ3v) is 3.43. The Morgan fingerprint density at radius 2 is 1.83 bits per heavy atom. The molecule has 2 N–H and O–H groups in total. The molecule has 11 heteroatoms. The van der Waals surface area contributed by atoms with Gasteiger partial charge in [-0.15, -0.1) is 11.3 Å². The molecular formula is C12H7F4N3O2S2. The number of rotatable bonds is 3. The van der Waals surface area contributed by atoms with Crippen molar-refractivity contribution in [1.82, 2.24) is 10.3 Å². The zero-order valence-electron chi connectivity index (χ0n) is 11.2. The molecule has 0 saturated carbocycles. The molecule has 0 saturated heterocycles. The monoisotopic (exact) mass is 365 g/mol. The number of thiazole rings is 1. The van der Waals surface area contributed by atoms with E-state index in [1.807, 2.05) is 5.32 Å². The van der Waals surface area contributed by atoms with Crippen LogP contribution in [-0.2, 0) is 0 Å². The summed E-state index contributed by atoms with van der Waals surface area (Å²) in [5.74, 6) is -10.2. The molecule has 23 heavy (non-hydrogen) atoms. The number of aromatic nitrogens is 1. The summed E-state index contributed by atoms with van der Waals surface area (Å²) in [5, 5.41) is 5.94. The number of nitrogens with one attached hydrogen (secondary N) is 2. The molecule has 0 aliphatic heterocycles. The molecule has 1 amide bonds. The molecule has 1 aromatic carbocycles. The number of hydrogen-bond donors (Lipinski definition) is 2. The van der Waals surface area contributed by atoms with Gasteiger partial charge in [0.25, 0.3) is 5.91 Å². The Morgan fingerprint density at radius 1 is 1.22 bits per heavy atom. The Kier molecular flexibility index (Phi) is 5.11. The summed E-state index contributed by atoms with van der Waals surface area (Å²) in [6.07, 6.45) is 1.45. The third-order valence-electron chi connectivity index (χ3n) is 2.53. The van der Waals surface area contributed by atoms with Crippen molar-refractivity contribution in [1.29, 1.82) is 0 Å². The summed E-state index contributed by atoms with van der Waals surface area (Å²) >= 11 is 5.89. The Balaban J connectivity index is 2.27. The number of methoxy groups -OCH3 is 1. The SMILES string of the molecule is COc1c(F)c(F)c(C(=O)NC(=S)Nc2nccs2)c(F)c1F. The maximum absolute atomic E-state index is 13.8. The van der Waals surface area contributed by atoms with E-state index in [1.54, 1.807) is 5.38 Å². The summed E-state index contributed by atoms with van der Waals surface area (Å²) in [4.78, 5) is 15.6. The van der Waals surface area contributed by atoms with Gasteiger partial charge >= 0.3 is 0 Å². The van der Waals surface area contributed by atoms with Crippen LogP contribution in [0, 0.1) is 23.3 Å². The van der Waals surface area contributed by atoms with Crippen molar-refractivity contribution < 1.29 is 27.1 Å². The van der Waals surface area contributed by atoms with Crippen LogP contribution in [0.15, 0.2) is 11.6 Å².